The van der Waals surface area contributed by atoms with Gasteiger partial charge in [0.1, 0.15) is 18.0 Å². The number of rotatable bonds is 6. The maximum atomic E-state index is 5.43. The summed E-state index contributed by atoms with van der Waals surface area (Å²) >= 11 is 0. The molecular formula is C21H29N5O. The van der Waals surface area contributed by atoms with Gasteiger partial charge in [0.05, 0.1) is 13.2 Å². The molecule has 0 bridgehead atoms. The van der Waals surface area contributed by atoms with E-state index < -0.39 is 0 Å². The molecule has 0 saturated carbocycles. The highest BCUT2D eigenvalue weighted by Crippen LogP contribution is 2.19. The third-order valence-electron chi connectivity index (χ3n) is 5.31. The lowest BCUT2D eigenvalue weighted by Gasteiger charge is -2.27. The molecular weight excluding hydrogens is 338 g/mol. The molecule has 2 aliphatic heterocycles. The van der Waals surface area contributed by atoms with Crippen LogP contribution in [0.25, 0.3) is 0 Å². The van der Waals surface area contributed by atoms with E-state index in [-0.39, 0.29) is 0 Å². The van der Waals surface area contributed by atoms with Crippen LogP contribution < -0.4 is 10.2 Å². The van der Waals surface area contributed by atoms with Crippen molar-refractivity contribution in [2.75, 3.05) is 49.6 Å². The molecule has 3 heterocycles. The standard InChI is InChI=1S/C21H29N5O/c1-2-7-26(8-3-1)21-14-20(23-17-24-21)22-15-18-5-4-6-19(13-18)16-25-9-11-27-12-10-25/h4-6,13-14,17H,1-3,7-12,15-16H2,(H,22,23,24). The summed E-state index contributed by atoms with van der Waals surface area (Å²) in [5.41, 5.74) is 2.63. The van der Waals surface area contributed by atoms with E-state index in [1.54, 1.807) is 6.33 Å². The van der Waals surface area contributed by atoms with Gasteiger partial charge >= 0.3 is 0 Å². The molecule has 2 aliphatic rings. The number of hydrogen-bond donors (Lipinski definition) is 1. The zero-order chi connectivity index (χ0) is 18.3. The molecule has 27 heavy (non-hydrogen) atoms. The average Bonchev–Trinajstić information content (AvgIpc) is 2.74. The Hall–Kier alpha value is -2.18. The quantitative estimate of drug-likeness (QED) is 0.847. The summed E-state index contributed by atoms with van der Waals surface area (Å²) in [5, 5.41) is 3.46. The Morgan fingerprint density at radius 1 is 0.926 bits per heavy atom. The highest BCUT2D eigenvalue weighted by Gasteiger charge is 2.13. The second-order valence-corrected chi connectivity index (χ2v) is 7.37. The first-order chi connectivity index (χ1) is 13.4. The van der Waals surface area contributed by atoms with Gasteiger partial charge in [-0.15, -0.1) is 0 Å². The van der Waals surface area contributed by atoms with Gasteiger partial charge in [-0.05, 0) is 30.4 Å². The Balaban J connectivity index is 1.35. The van der Waals surface area contributed by atoms with Crippen molar-refractivity contribution < 1.29 is 4.74 Å². The number of piperidine rings is 1. The van der Waals surface area contributed by atoms with E-state index in [9.17, 15) is 0 Å². The molecule has 0 spiro atoms. The first kappa shape index (κ1) is 18.2. The summed E-state index contributed by atoms with van der Waals surface area (Å²) in [6.07, 6.45) is 5.50. The number of hydrogen-bond acceptors (Lipinski definition) is 6. The number of benzene rings is 1. The molecule has 0 atom stereocenters. The smallest absolute Gasteiger partial charge is 0.134 e. The van der Waals surface area contributed by atoms with Gasteiger partial charge in [0.2, 0.25) is 0 Å². The third-order valence-corrected chi connectivity index (χ3v) is 5.31. The van der Waals surface area contributed by atoms with Gasteiger partial charge in [0, 0.05) is 45.3 Å². The van der Waals surface area contributed by atoms with Crippen molar-refractivity contribution in [3.8, 4) is 0 Å². The van der Waals surface area contributed by atoms with Crippen molar-refractivity contribution in [3.63, 3.8) is 0 Å². The topological polar surface area (TPSA) is 53.5 Å². The van der Waals surface area contributed by atoms with Crippen molar-refractivity contribution in [2.45, 2.75) is 32.4 Å². The fraction of sp³-hybridized carbons (Fsp3) is 0.524. The van der Waals surface area contributed by atoms with Crippen LogP contribution >= 0.6 is 0 Å². The third kappa shape index (κ3) is 5.17. The summed E-state index contributed by atoms with van der Waals surface area (Å²) in [6.45, 7) is 7.67. The number of morpholine rings is 1. The molecule has 2 saturated heterocycles. The fourth-order valence-corrected chi connectivity index (χ4v) is 3.79. The largest absolute Gasteiger partial charge is 0.379 e. The predicted octanol–water partition coefficient (Wildman–Crippen LogP) is 2.91. The number of nitrogens with one attached hydrogen (secondary N) is 1. The minimum absolute atomic E-state index is 0.771. The van der Waals surface area contributed by atoms with Crippen molar-refractivity contribution in [1.82, 2.24) is 14.9 Å². The molecule has 144 valence electrons. The van der Waals surface area contributed by atoms with Gasteiger partial charge in [-0.3, -0.25) is 4.90 Å². The lowest BCUT2D eigenvalue weighted by Crippen LogP contribution is -2.35. The summed E-state index contributed by atoms with van der Waals surface area (Å²) in [5.74, 6) is 1.93. The molecule has 1 aromatic heterocycles. The Bertz CT molecular complexity index is 726. The van der Waals surface area contributed by atoms with E-state index >= 15 is 0 Å². The summed E-state index contributed by atoms with van der Waals surface area (Å²) in [4.78, 5) is 13.7. The molecule has 0 radical (unpaired) electrons. The van der Waals surface area contributed by atoms with E-state index in [4.69, 9.17) is 4.74 Å². The second-order valence-electron chi connectivity index (χ2n) is 7.37. The second kappa shape index (κ2) is 9.15. The molecule has 1 aromatic carbocycles. The van der Waals surface area contributed by atoms with Crippen molar-refractivity contribution in [2.24, 2.45) is 0 Å². The van der Waals surface area contributed by atoms with E-state index in [0.717, 1.165) is 64.1 Å². The Morgan fingerprint density at radius 3 is 2.59 bits per heavy atom. The summed E-state index contributed by atoms with van der Waals surface area (Å²) in [6, 6.07) is 10.9. The van der Waals surface area contributed by atoms with Crippen molar-refractivity contribution in [1.29, 1.82) is 0 Å². The number of aromatic nitrogens is 2. The first-order valence-electron chi connectivity index (χ1n) is 10.1. The van der Waals surface area contributed by atoms with Crippen LogP contribution in [-0.4, -0.2) is 54.3 Å². The summed E-state index contributed by atoms with van der Waals surface area (Å²) in [7, 11) is 0. The zero-order valence-electron chi connectivity index (χ0n) is 15.9. The highest BCUT2D eigenvalue weighted by molar-refractivity contribution is 5.49. The molecule has 0 aliphatic carbocycles. The van der Waals surface area contributed by atoms with Gasteiger partial charge < -0.3 is 15.0 Å². The van der Waals surface area contributed by atoms with Gasteiger partial charge in [0.15, 0.2) is 0 Å². The molecule has 4 rings (SSSR count). The highest BCUT2D eigenvalue weighted by atomic mass is 16.5. The zero-order valence-corrected chi connectivity index (χ0v) is 15.9. The van der Waals surface area contributed by atoms with E-state index in [2.05, 4.69) is 55.4 Å². The molecule has 2 fully saturated rings. The minimum atomic E-state index is 0.771. The maximum Gasteiger partial charge on any atom is 0.134 e. The van der Waals surface area contributed by atoms with Crippen LogP contribution in [0.4, 0.5) is 11.6 Å². The molecule has 0 unspecified atom stereocenters. The van der Waals surface area contributed by atoms with E-state index in [1.165, 1.54) is 30.4 Å². The van der Waals surface area contributed by atoms with Gasteiger partial charge in [-0.1, -0.05) is 24.3 Å². The van der Waals surface area contributed by atoms with E-state index in [0.29, 0.717) is 0 Å². The molecule has 0 amide bonds. The number of anilines is 2. The first-order valence-corrected chi connectivity index (χ1v) is 10.1. The van der Waals surface area contributed by atoms with Gasteiger partial charge in [-0.25, -0.2) is 9.97 Å². The Kier molecular flexibility index (Phi) is 6.17. The normalized spacial score (nSPS) is 18.4. The van der Waals surface area contributed by atoms with Crippen molar-refractivity contribution >= 4 is 11.6 Å². The molecule has 6 nitrogen and oxygen atoms in total. The lowest BCUT2D eigenvalue weighted by atomic mass is 10.1. The van der Waals surface area contributed by atoms with Gasteiger partial charge in [0.25, 0.3) is 0 Å². The average molecular weight is 367 g/mol. The predicted molar refractivity (Wildman–Crippen MR) is 108 cm³/mol. The van der Waals surface area contributed by atoms with Crippen molar-refractivity contribution in [3.05, 3.63) is 47.8 Å². The van der Waals surface area contributed by atoms with Crippen LogP contribution in [0, 0.1) is 0 Å². The van der Waals surface area contributed by atoms with Crippen LogP contribution in [-0.2, 0) is 17.8 Å². The van der Waals surface area contributed by atoms with Gasteiger partial charge in [-0.2, -0.15) is 0 Å². The Morgan fingerprint density at radius 2 is 1.74 bits per heavy atom. The molecule has 6 heteroatoms. The van der Waals surface area contributed by atoms with Crippen LogP contribution in [0.1, 0.15) is 30.4 Å². The fourth-order valence-electron chi connectivity index (χ4n) is 3.79. The van der Waals surface area contributed by atoms with Crippen LogP contribution in [0.2, 0.25) is 0 Å². The minimum Gasteiger partial charge on any atom is -0.379 e. The van der Waals surface area contributed by atoms with Crippen LogP contribution in [0.15, 0.2) is 36.7 Å². The molecule has 2 aromatic rings. The van der Waals surface area contributed by atoms with Crippen LogP contribution in [0.3, 0.4) is 0 Å². The lowest BCUT2D eigenvalue weighted by molar-refractivity contribution is 0.0342. The van der Waals surface area contributed by atoms with Crippen LogP contribution in [0.5, 0.6) is 0 Å². The number of ether oxygens (including phenoxy) is 1. The Labute approximate surface area is 161 Å². The summed E-state index contributed by atoms with van der Waals surface area (Å²) < 4.78 is 5.43. The maximum absolute atomic E-state index is 5.43. The number of nitrogens with zero attached hydrogens (tertiary/aromatic N) is 4. The molecule has 1 N–H and O–H groups in total. The SMILES string of the molecule is c1cc(CNc2cc(N3CCCCC3)ncn2)cc(CN2CCOCC2)c1. The monoisotopic (exact) mass is 367 g/mol. The van der Waals surface area contributed by atoms with E-state index in [1.807, 2.05) is 0 Å².